The minimum absolute atomic E-state index is 0.129. The molecule has 2 aromatic rings. The summed E-state index contributed by atoms with van der Waals surface area (Å²) in [4.78, 5) is 12.7. The molecule has 1 fully saturated rings. The fraction of sp³-hybridized carbons (Fsp3) is 0.474. The SMILES string of the molecule is Cc1noc(C2CC2)c1NC(=O)NC1(CO)CCCc2ccccc21. The first-order chi connectivity index (χ1) is 12.1. The van der Waals surface area contributed by atoms with Crippen molar-refractivity contribution in [1.82, 2.24) is 10.5 Å². The minimum atomic E-state index is -0.746. The second-order valence-corrected chi connectivity index (χ2v) is 7.11. The van der Waals surface area contributed by atoms with Gasteiger partial charge in [-0.1, -0.05) is 29.4 Å². The molecule has 1 aromatic heterocycles. The number of aromatic nitrogens is 1. The summed E-state index contributed by atoms with van der Waals surface area (Å²) < 4.78 is 5.38. The predicted octanol–water partition coefficient (Wildman–Crippen LogP) is 3.21. The molecule has 1 unspecified atom stereocenters. The van der Waals surface area contributed by atoms with Gasteiger partial charge in [0.15, 0.2) is 5.76 Å². The van der Waals surface area contributed by atoms with Crippen molar-refractivity contribution in [3.05, 3.63) is 46.8 Å². The van der Waals surface area contributed by atoms with Gasteiger partial charge in [-0.2, -0.15) is 0 Å². The smallest absolute Gasteiger partial charge is 0.320 e. The number of nitrogens with zero attached hydrogens (tertiary/aromatic N) is 1. The summed E-state index contributed by atoms with van der Waals surface area (Å²) in [6.45, 7) is 1.69. The van der Waals surface area contributed by atoms with Gasteiger partial charge < -0.3 is 20.3 Å². The highest BCUT2D eigenvalue weighted by atomic mass is 16.5. The standard InChI is InChI=1S/C19H23N3O3/c1-12-16(17(25-22-12)14-8-9-14)20-18(24)21-19(11-23)10-4-6-13-5-2-3-7-15(13)19/h2-3,5,7,14,23H,4,6,8-11H2,1H3,(H2,20,21,24). The van der Waals surface area contributed by atoms with Crippen molar-refractivity contribution in [3.8, 4) is 0 Å². The van der Waals surface area contributed by atoms with Gasteiger partial charge in [-0.15, -0.1) is 0 Å². The number of aliphatic hydroxyl groups excluding tert-OH is 1. The Morgan fingerprint density at radius 1 is 1.40 bits per heavy atom. The molecule has 2 aliphatic carbocycles. The van der Waals surface area contributed by atoms with Crippen LogP contribution in [0.3, 0.4) is 0 Å². The Morgan fingerprint density at radius 3 is 2.96 bits per heavy atom. The van der Waals surface area contributed by atoms with E-state index in [1.165, 1.54) is 5.56 Å². The molecule has 0 aliphatic heterocycles. The number of fused-ring (bicyclic) bond motifs is 1. The Bertz CT molecular complexity index is 797. The molecule has 0 bridgehead atoms. The van der Waals surface area contributed by atoms with Crippen LogP contribution in [-0.2, 0) is 12.0 Å². The molecule has 6 heteroatoms. The quantitative estimate of drug-likeness (QED) is 0.797. The maximum absolute atomic E-state index is 12.7. The molecule has 2 aliphatic rings. The number of rotatable bonds is 4. The highest BCUT2D eigenvalue weighted by Gasteiger charge is 2.38. The Balaban J connectivity index is 1.57. The molecule has 1 atom stereocenters. The normalized spacial score (nSPS) is 22.3. The van der Waals surface area contributed by atoms with Crippen LogP contribution in [-0.4, -0.2) is 22.9 Å². The molecular weight excluding hydrogens is 318 g/mol. The third kappa shape index (κ3) is 2.91. The zero-order chi connectivity index (χ0) is 17.4. The summed E-state index contributed by atoms with van der Waals surface area (Å²) in [5, 5.41) is 20.0. The van der Waals surface area contributed by atoms with Crippen molar-refractivity contribution in [2.24, 2.45) is 0 Å². The first kappa shape index (κ1) is 16.1. The number of aryl methyl sites for hydroxylation is 2. The van der Waals surface area contributed by atoms with Gasteiger partial charge in [0.05, 0.1) is 12.1 Å². The van der Waals surface area contributed by atoms with Gasteiger partial charge in [0.2, 0.25) is 0 Å². The van der Waals surface area contributed by atoms with Crippen molar-refractivity contribution in [2.75, 3.05) is 11.9 Å². The van der Waals surface area contributed by atoms with E-state index in [1.54, 1.807) is 0 Å². The van der Waals surface area contributed by atoms with E-state index >= 15 is 0 Å². The van der Waals surface area contributed by atoms with Crippen LogP contribution in [0, 0.1) is 6.92 Å². The lowest BCUT2D eigenvalue weighted by atomic mass is 9.77. The molecule has 0 saturated heterocycles. The van der Waals surface area contributed by atoms with E-state index in [0.29, 0.717) is 23.7 Å². The van der Waals surface area contributed by atoms with Crippen molar-refractivity contribution < 1.29 is 14.4 Å². The van der Waals surface area contributed by atoms with Crippen LogP contribution in [0.4, 0.5) is 10.5 Å². The number of anilines is 1. The van der Waals surface area contributed by atoms with Crippen LogP contribution in [0.1, 0.15) is 54.2 Å². The summed E-state index contributed by atoms with van der Waals surface area (Å²) in [7, 11) is 0. The maximum atomic E-state index is 12.7. The van der Waals surface area contributed by atoms with Gasteiger partial charge in [-0.05, 0) is 50.2 Å². The van der Waals surface area contributed by atoms with Gasteiger partial charge in [0.25, 0.3) is 0 Å². The average molecular weight is 341 g/mol. The fourth-order valence-electron chi connectivity index (χ4n) is 3.78. The predicted molar refractivity (Wildman–Crippen MR) is 93.5 cm³/mol. The molecule has 4 rings (SSSR count). The van der Waals surface area contributed by atoms with Crippen LogP contribution in [0.5, 0.6) is 0 Å². The highest BCUT2D eigenvalue weighted by molar-refractivity contribution is 5.91. The molecule has 0 radical (unpaired) electrons. The third-order valence-corrected chi connectivity index (χ3v) is 5.28. The topological polar surface area (TPSA) is 87.4 Å². The summed E-state index contributed by atoms with van der Waals surface area (Å²) in [5.41, 5.74) is 2.78. The number of carbonyl (C=O) groups is 1. The molecule has 1 heterocycles. The average Bonchev–Trinajstić information content (AvgIpc) is 3.40. The van der Waals surface area contributed by atoms with E-state index < -0.39 is 5.54 Å². The Kier molecular flexibility index (Phi) is 4.00. The number of hydrogen-bond acceptors (Lipinski definition) is 4. The number of hydrogen-bond donors (Lipinski definition) is 3. The summed E-state index contributed by atoms with van der Waals surface area (Å²) in [6.07, 6.45) is 4.75. The van der Waals surface area contributed by atoms with Crippen LogP contribution in [0.2, 0.25) is 0 Å². The Labute approximate surface area is 146 Å². The van der Waals surface area contributed by atoms with Gasteiger partial charge in [-0.3, -0.25) is 0 Å². The Hall–Kier alpha value is -2.34. The molecule has 3 N–H and O–H groups in total. The van der Waals surface area contributed by atoms with E-state index in [2.05, 4.69) is 21.9 Å². The zero-order valence-corrected chi connectivity index (χ0v) is 14.3. The van der Waals surface area contributed by atoms with E-state index in [1.807, 2.05) is 25.1 Å². The van der Waals surface area contributed by atoms with Crippen LogP contribution in [0.25, 0.3) is 0 Å². The Morgan fingerprint density at radius 2 is 2.20 bits per heavy atom. The van der Waals surface area contributed by atoms with Crippen LogP contribution in [0.15, 0.2) is 28.8 Å². The zero-order valence-electron chi connectivity index (χ0n) is 14.3. The number of urea groups is 1. The number of amides is 2. The third-order valence-electron chi connectivity index (χ3n) is 5.28. The molecule has 1 saturated carbocycles. The first-order valence-electron chi connectivity index (χ1n) is 8.87. The second-order valence-electron chi connectivity index (χ2n) is 7.11. The highest BCUT2D eigenvalue weighted by Crippen LogP contribution is 2.44. The number of benzene rings is 1. The first-order valence-corrected chi connectivity index (χ1v) is 8.87. The van der Waals surface area contributed by atoms with E-state index in [-0.39, 0.29) is 12.6 Å². The summed E-state index contributed by atoms with van der Waals surface area (Å²) in [5.74, 6) is 1.12. The second kappa shape index (κ2) is 6.19. The molecule has 25 heavy (non-hydrogen) atoms. The van der Waals surface area contributed by atoms with Gasteiger partial charge in [0, 0.05) is 5.92 Å². The van der Waals surface area contributed by atoms with Crippen LogP contribution >= 0.6 is 0 Å². The van der Waals surface area contributed by atoms with E-state index in [4.69, 9.17) is 4.52 Å². The van der Waals surface area contributed by atoms with Gasteiger partial charge in [0.1, 0.15) is 11.4 Å². The maximum Gasteiger partial charge on any atom is 0.320 e. The molecule has 2 amide bonds. The molecule has 132 valence electrons. The van der Waals surface area contributed by atoms with Crippen molar-refractivity contribution in [1.29, 1.82) is 0 Å². The lowest BCUT2D eigenvalue weighted by molar-refractivity contribution is 0.147. The van der Waals surface area contributed by atoms with E-state index in [9.17, 15) is 9.90 Å². The lowest BCUT2D eigenvalue weighted by Gasteiger charge is -2.38. The number of carbonyl (C=O) groups excluding carboxylic acids is 1. The molecule has 6 nitrogen and oxygen atoms in total. The van der Waals surface area contributed by atoms with Crippen molar-refractivity contribution in [2.45, 2.75) is 50.5 Å². The van der Waals surface area contributed by atoms with Gasteiger partial charge in [-0.25, -0.2) is 4.79 Å². The molecule has 1 aromatic carbocycles. The number of aliphatic hydroxyl groups is 1. The summed E-state index contributed by atoms with van der Waals surface area (Å²) in [6, 6.07) is 7.66. The monoisotopic (exact) mass is 341 g/mol. The minimum Gasteiger partial charge on any atom is -0.394 e. The van der Waals surface area contributed by atoms with Crippen molar-refractivity contribution in [3.63, 3.8) is 0 Å². The largest absolute Gasteiger partial charge is 0.394 e. The fourth-order valence-corrected chi connectivity index (χ4v) is 3.78. The van der Waals surface area contributed by atoms with E-state index in [0.717, 1.165) is 37.0 Å². The lowest BCUT2D eigenvalue weighted by Crippen LogP contribution is -2.52. The molecule has 0 spiro atoms. The molecular formula is C19H23N3O3. The number of nitrogens with one attached hydrogen (secondary N) is 2. The van der Waals surface area contributed by atoms with Crippen LogP contribution < -0.4 is 10.6 Å². The summed E-state index contributed by atoms with van der Waals surface area (Å²) >= 11 is 0. The van der Waals surface area contributed by atoms with Crippen molar-refractivity contribution >= 4 is 11.7 Å². The van der Waals surface area contributed by atoms with Gasteiger partial charge >= 0.3 is 6.03 Å².